The Labute approximate surface area is 124 Å². The summed E-state index contributed by atoms with van der Waals surface area (Å²) < 4.78 is 19.1. The molecule has 1 atom stereocenters. The van der Waals surface area contributed by atoms with Crippen LogP contribution in [0.2, 0.25) is 5.02 Å². The number of anilines is 1. The van der Waals surface area contributed by atoms with Gasteiger partial charge in [-0.2, -0.15) is 0 Å². The molecule has 0 amide bonds. The highest BCUT2D eigenvalue weighted by atomic mass is 35.5. The van der Waals surface area contributed by atoms with Gasteiger partial charge in [-0.1, -0.05) is 30.9 Å². The summed E-state index contributed by atoms with van der Waals surface area (Å²) in [5.41, 5.74) is 0.300. The van der Waals surface area contributed by atoms with E-state index in [1.165, 1.54) is 37.5 Å². The number of ether oxygens (including phenoxy) is 1. The minimum Gasteiger partial charge on any atom is -0.389 e. The molecule has 0 aromatic heterocycles. The van der Waals surface area contributed by atoms with E-state index in [1.54, 1.807) is 0 Å². The van der Waals surface area contributed by atoms with Gasteiger partial charge in [-0.15, -0.1) is 0 Å². The molecule has 0 bridgehead atoms. The zero-order valence-corrected chi connectivity index (χ0v) is 12.2. The second kappa shape index (κ2) is 7.81. The molecule has 0 radical (unpaired) electrons. The molecule has 20 heavy (non-hydrogen) atoms. The molecule has 0 aliphatic heterocycles. The molecule has 5 heteroatoms. The molecule has 0 spiro atoms. The van der Waals surface area contributed by atoms with Crippen LogP contribution >= 0.6 is 11.6 Å². The number of aliphatic hydroxyl groups excluding tert-OH is 1. The van der Waals surface area contributed by atoms with E-state index in [4.69, 9.17) is 16.3 Å². The Morgan fingerprint density at radius 2 is 2.10 bits per heavy atom. The average Bonchev–Trinajstić information content (AvgIpc) is 2.47. The van der Waals surface area contributed by atoms with E-state index >= 15 is 0 Å². The highest BCUT2D eigenvalue weighted by molar-refractivity contribution is 6.30. The number of nitrogens with one attached hydrogen (secondary N) is 1. The lowest BCUT2D eigenvalue weighted by molar-refractivity contribution is -0.0195. The SMILES string of the molecule is OC(CNc1cc(Cl)ccc1F)COC1CCCCC1. The summed E-state index contributed by atoms with van der Waals surface area (Å²) in [6, 6.07) is 4.30. The first kappa shape index (κ1) is 15.5. The van der Waals surface area contributed by atoms with E-state index in [0.29, 0.717) is 10.7 Å². The maximum absolute atomic E-state index is 13.5. The molecule has 1 saturated carbocycles. The molecule has 0 saturated heterocycles. The van der Waals surface area contributed by atoms with Crippen LogP contribution in [0.5, 0.6) is 0 Å². The normalized spacial score (nSPS) is 17.9. The Hall–Kier alpha value is -0.840. The number of halogens is 2. The molecule has 0 heterocycles. The first-order valence-corrected chi connectivity index (χ1v) is 7.51. The number of aliphatic hydroxyl groups is 1. The van der Waals surface area contributed by atoms with E-state index < -0.39 is 6.10 Å². The summed E-state index contributed by atoms with van der Waals surface area (Å²) in [6.45, 7) is 0.518. The number of hydrogen-bond donors (Lipinski definition) is 2. The zero-order valence-electron chi connectivity index (χ0n) is 11.4. The third-order valence-electron chi connectivity index (χ3n) is 3.53. The fourth-order valence-electron chi connectivity index (χ4n) is 2.40. The van der Waals surface area contributed by atoms with Gasteiger partial charge in [-0.05, 0) is 31.0 Å². The van der Waals surface area contributed by atoms with Crippen molar-refractivity contribution in [3.05, 3.63) is 29.0 Å². The van der Waals surface area contributed by atoms with Crippen LogP contribution in [0.3, 0.4) is 0 Å². The summed E-state index contributed by atoms with van der Waals surface area (Å²) in [6.07, 6.45) is 5.43. The van der Waals surface area contributed by atoms with Gasteiger partial charge in [0, 0.05) is 11.6 Å². The summed E-state index contributed by atoms with van der Waals surface area (Å²) in [5.74, 6) is -0.380. The van der Waals surface area contributed by atoms with Crippen molar-refractivity contribution in [1.29, 1.82) is 0 Å². The van der Waals surface area contributed by atoms with E-state index in [2.05, 4.69) is 5.32 Å². The van der Waals surface area contributed by atoms with Crippen LogP contribution in [0.1, 0.15) is 32.1 Å². The largest absolute Gasteiger partial charge is 0.389 e. The summed E-state index contributed by atoms with van der Waals surface area (Å²) in [7, 11) is 0. The fraction of sp³-hybridized carbons (Fsp3) is 0.600. The highest BCUT2D eigenvalue weighted by Gasteiger charge is 2.15. The summed E-state index contributed by atoms with van der Waals surface area (Å²) >= 11 is 5.80. The molecule has 1 aliphatic rings. The number of hydrogen-bond acceptors (Lipinski definition) is 3. The highest BCUT2D eigenvalue weighted by Crippen LogP contribution is 2.21. The van der Waals surface area contributed by atoms with E-state index in [1.807, 2.05) is 0 Å². The van der Waals surface area contributed by atoms with Crippen molar-refractivity contribution in [2.45, 2.75) is 44.3 Å². The Kier molecular flexibility index (Phi) is 6.07. The summed E-state index contributed by atoms with van der Waals surface area (Å²) in [5, 5.41) is 13.2. The lowest BCUT2D eigenvalue weighted by Gasteiger charge is -2.23. The molecule has 1 aromatic carbocycles. The third-order valence-corrected chi connectivity index (χ3v) is 3.77. The molecule has 1 unspecified atom stereocenters. The van der Waals surface area contributed by atoms with E-state index in [9.17, 15) is 9.50 Å². The first-order valence-electron chi connectivity index (χ1n) is 7.14. The van der Waals surface area contributed by atoms with Gasteiger partial charge >= 0.3 is 0 Å². The smallest absolute Gasteiger partial charge is 0.146 e. The minimum atomic E-state index is -0.657. The lowest BCUT2D eigenvalue weighted by Crippen LogP contribution is -2.28. The molecular weight excluding hydrogens is 281 g/mol. The Morgan fingerprint density at radius 3 is 2.85 bits per heavy atom. The first-order chi connectivity index (χ1) is 9.65. The van der Waals surface area contributed by atoms with Crippen LogP contribution in [0.15, 0.2) is 18.2 Å². The van der Waals surface area contributed by atoms with Crippen LogP contribution in [-0.4, -0.2) is 30.5 Å². The van der Waals surface area contributed by atoms with Crippen molar-refractivity contribution >= 4 is 17.3 Å². The fourth-order valence-corrected chi connectivity index (χ4v) is 2.57. The molecule has 2 rings (SSSR count). The van der Waals surface area contributed by atoms with Gasteiger partial charge in [-0.3, -0.25) is 0 Å². The van der Waals surface area contributed by atoms with Gasteiger partial charge in [0.05, 0.1) is 24.5 Å². The van der Waals surface area contributed by atoms with Gasteiger partial charge in [-0.25, -0.2) is 4.39 Å². The number of rotatable bonds is 6. The van der Waals surface area contributed by atoms with Crippen molar-refractivity contribution in [2.75, 3.05) is 18.5 Å². The summed E-state index contributed by atoms with van der Waals surface area (Å²) in [4.78, 5) is 0. The molecular formula is C15H21ClFNO2. The monoisotopic (exact) mass is 301 g/mol. The molecule has 112 valence electrons. The molecule has 1 fully saturated rings. The van der Waals surface area contributed by atoms with Crippen LogP contribution in [0.4, 0.5) is 10.1 Å². The number of benzene rings is 1. The van der Waals surface area contributed by atoms with Crippen molar-refractivity contribution in [3.8, 4) is 0 Å². The Balaban J connectivity index is 1.71. The average molecular weight is 302 g/mol. The van der Waals surface area contributed by atoms with Crippen LogP contribution in [0, 0.1) is 5.82 Å². The minimum absolute atomic E-state index is 0.240. The van der Waals surface area contributed by atoms with Gasteiger partial charge in [0.25, 0.3) is 0 Å². The molecule has 1 aromatic rings. The van der Waals surface area contributed by atoms with Crippen LogP contribution in [-0.2, 0) is 4.74 Å². The maximum atomic E-state index is 13.5. The maximum Gasteiger partial charge on any atom is 0.146 e. The van der Waals surface area contributed by atoms with Crippen molar-refractivity contribution in [2.24, 2.45) is 0 Å². The molecule has 2 N–H and O–H groups in total. The second-order valence-electron chi connectivity index (χ2n) is 5.25. The third kappa shape index (κ3) is 4.93. The van der Waals surface area contributed by atoms with Gasteiger partial charge in [0.1, 0.15) is 5.82 Å². The van der Waals surface area contributed by atoms with Crippen molar-refractivity contribution in [3.63, 3.8) is 0 Å². The predicted octanol–water partition coefficient (Wildman–Crippen LogP) is 3.60. The predicted molar refractivity (Wildman–Crippen MR) is 78.7 cm³/mol. The second-order valence-corrected chi connectivity index (χ2v) is 5.69. The van der Waals surface area contributed by atoms with Crippen LogP contribution < -0.4 is 5.32 Å². The van der Waals surface area contributed by atoms with Crippen LogP contribution in [0.25, 0.3) is 0 Å². The zero-order chi connectivity index (χ0) is 14.4. The Bertz CT molecular complexity index is 424. The topological polar surface area (TPSA) is 41.5 Å². The Morgan fingerprint density at radius 1 is 1.35 bits per heavy atom. The van der Waals surface area contributed by atoms with Crippen molar-refractivity contribution in [1.82, 2.24) is 0 Å². The van der Waals surface area contributed by atoms with Gasteiger partial charge in [0.2, 0.25) is 0 Å². The quantitative estimate of drug-likeness (QED) is 0.843. The van der Waals surface area contributed by atoms with E-state index in [-0.39, 0.29) is 25.1 Å². The van der Waals surface area contributed by atoms with Gasteiger partial charge in [0.15, 0.2) is 0 Å². The standard InChI is InChI=1S/C15H21ClFNO2/c16-11-6-7-14(17)15(8-11)18-9-12(19)10-20-13-4-2-1-3-5-13/h6-8,12-13,18-19H,1-5,9-10H2. The van der Waals surface area contributed by atoms with Crippen molar-refractivity contribution < 1.29 is 14.2 Å². The van der Waals surface area contributed by atoms with Gasteiger partial charge < -0.3 is 15.2 Å². The molecule has 3 nitrogen and oxygen atoms in total. The molecule has 1 aliphatic carbocycles. The van der Waals surface area contributed by atoms with E-state index in [0.717, 1.165) is 12.8 Å². The lowest BCUT2D eigenvalue weighted by atomic mass is 9.98.